The van der Waals surface area contributed by atoms with Gasteiger partial charge in [-0.2, -0.15) is 0 Å². The van der Waals surface area contributed by atoms with Crippen molar-refractivity contribution in [1.29, 1.82) is 0 Å². The van der Waals surface area contributed by atoms with Crippen molar-refractivity contribution in [3.05, 3.63) is 34.9 Å². The molecule has 1 aliphatic rings. The van der Waals surface area contributed by atoms with Gasteiger partial charge in [0.15, 0.2) is 5.96 Å². The molecule has 5 nitrogen and oxygen atoms in total. The Hall–Kier alpha value is -1.30. The second kappa shape index (κ2) is 11.5. The van der Waals surface area contributed by atoms with Crippen LogP contribution in [0.3, 0.4) is 0 Å². The number of hydrogen-bond donors (Lipinski definition) is 2. The molecule has 0 amide bonds. The molecule has 0 bridgehead atoms. The standard InChI is InChI=1S/C21H36ClN5/c1-5-23-21(24-10-9-18-7-6-8-19(22)15-18)25-16-20(17(2)3)27-13-11-26(4)12-14-27/h6-8,15,17,20H,5,9-14,16H2,1-4H3,(H2,23,24,25). The fraction of sp³-hybridized carbons (Fsp3) is 0.667. The Morgan fingerprint density at radius 1 is 1.19 bits per heavy atom. The molecule has 2 rings (SSSR count). The van der Waals surface area contributed by atoms with Gasteiger partial charge in [-0.3, -0.25) is 9.89 Å². The number of benzene rings is 1. The fourth-order valence-corrected chi connectivity index (χ4v) is 3.66. The van der Waals surface area contributed by atoms with Gasteiger partial charge < -0.3 is 15.5 Å². The monoisotopic (exact) mass is 393 g/mol. The van der Waals surface area contributed by atoms with E-state index in [4.69, 9.17) is 16.6 Å². The molecule has 1 atom stereocenters. The van der Waals surface area contributed by atoms with Gasteiger partial charge in [0.05, 0.1) is 6.54 Å². The predicted molar refractivity (Wildman–Crippen MR) is 117 cm³/mol. The zero-order valence-corrected chi connectivity index (χ0v) is 18.1. The summed E-state index contributed by atoms with van der Waals surface area (Å²) in [6.07, 6.45) is 0.928. The molecule has 0 saturated carbocycles. The molecule has 152 valence electrons. The molecule has 1 aliphatic heterocycles. The maximum atomic E-state index is 6.07. The van der Waals surface area contributed by atoms with Gasteiger partial charge in [-0.05, 0) is 44.0 Å². The fourth-order valence-electron chi connectivity index (χ4n) is 3.45. The molecule has 0 aromatic heterocycles. The van der Waals surface area contributed by atoms with Crippen LogP contribution in [0.15, 0.2) is 29.3 Å². The Labute approximate surface area is 170 Å². The van der Waals surface area contributed by atoms with Gasteiger partial charge in [-0.15, -0.1) is 0 Å². The first-order chi connectivity index (χ1) is 13.0. The number of piperazine rings is 1. The molecule has 1 saturated heterocycles. The molecular weight excluding hydrogens is 358 g/mol. The van der Waals surface area contributed by atoms with Crippen LogP contribution in [-0.4, -0.2) is 74.7 Å². The van der Waals surface area contributed by atoms with E-state index in [0.29, 0.717) is 12.0 Å². The number of nitrogens with one attached hydrogen (secondary N) is 2. The summed E-state index contributed by atoms with van der Waals surface area (Å²) in [7, 11) is 2.20. The number of nitrogens with zero attached hydrogens (tertiary/aromatic N) is 3. The van der Waals surface area contributed by atoms with E-state index in [2.05, 4.69) is 54.3 Å². The van der Waals surface area contributed by atoms with Gasteiger partial charge in [0, 0.05) is 50.3 Å². The largest absolute Gasteiger partial charge is 0.357 e. The quantitative estimate of drug-likeness (QED) is 0.526. The van der Waals surface area contributed by atoms with Gasteiger partial charge >= 0.3 is 0 Å². The average Bonchev–Trinajstić information content (AvgIpc) is 2.63. The molecule has 1 fully saturated rings. The van der Waals surface area contributed by atoms with Crippen LogP contribution in [0, 0.1) is 5.92 Å². The van der Waals surface area contributed by atoms with Crippen LogP contribution >= 0.6 is 11.6 Å². The minimum Gasteiger partial charge on any atom is -0.357 e. The van der Waals surface area contributed by atoms with Crippen molar-refractivity contribution in [2.75, 3.05) is 52.9 Å². The number of guanidine groups is 1. The Kier molecular flexibility index (Phi) is 9.39. The summed E-state index contributed by atoms with van der Waals surface area (Å²) in [5, 5.41) is 7.62. The first-order valence-corrected chi connectivity index (χ1v) is 10.6. The maximum absolute atomic E-state index is 6.07. The zero-order valence-electron chi connectivity index (χ0n) is 17.3. The first-order valence-electron chi connectivity index (χ1n) is 10.2. The lowest BCUT2D eigenvalue weighted by atomic mass is 10.0. The van der Waals surface area contributed by atoms with Crippen molar-refractivity contribution < 1.29 is 0 Å². The zero-order chi connectivity index (χ0) is 19.6. The number of likely N-dealkylation sites (N-methyl/N-ethyl adjacent to an activating group) is 1. The van der Waals surface area contributed by atoms with E-state index in [9.17, 15) is 0 Å². The minimum absolute atomic E-state index is 0.488. The molecule has 2 N–H and O–H groups in total. The number of halogens is 1. The molecule has 1 heterocycles. The van der Waals surface area contributed by atoms with Gasteiger partial charge in [0.1, 0.15) is 0 Å². The highest BCUT2D eigenvalue weighted by atomic mass is 35.5. The summed E-state index contributed by atoms with van der Waals surface area (Å²) < 4.78 is 0. The van der Waals surface area contributed by atoms with Gasteiger partial charge in [-0.1, -0.05) is 37.6 Å². The van der Waals surface area contributed by atoms with Crippen LogP contribution < -0.4 is 10.6 Å². The predicted octanol–water partition coefficient (Wildman–Crippen LogP) is 2.71. The van der Waals surface area contributed by atoms with E-state index in [1.54, 1.807) is 0 Å². The van der Waals surface area contributed by atoms with Crippen LogP contribution in [0.4, 0.5) is 0 Å². The summed E-state index contributed by atoms with van der Waals surface area (Å²) in [5.74, 6) is 1.49. The Bertz CT molecular complexity index is 582. The molecule has 27 heavy (non-hydrogen) atoms. The number of rotatable bonds is 8. The lowest BCUT2D eigenvalue weighted by Crippen LogP contribution is -2.52. The van der Waals surface area contributed by atoms with Crippen molar-refractivity contribution in [3.8, 4) is 0 Å². The summed E-state index contributed by atoms with van der Waals surface area (Å²) in [6, 6.07) is 8.53. The van der Waals surface area contributed by atoms with Crippen molar-refractivity contribution in [2.24, 2.45) is 10.9 Å². The van der Waals surface area contributed by atoms with E-state index >= 15 is 0 Å². The highest BCUT2D eigenvalue weighted by molar-refractivity contribution is 6.30. The van der Waals surface area contributed by atoms with Crippen LogP contribution in [0.5, 0.6) is 0 Å². The molecule has 0 spiro atoms. The Morgan fingerprint density at radius 2 is 1.93 bits per heavy atom. The third-order valence-corrected chi connectivity index (χ3v) is 5.39. The van der Waals surface area contributed by atoms with E-state index in [1.165, 1.54) is 5.56 Å². The van der Waals surface area contributed by atoms with Crippen LogP contribution in [-0.2, 0) is 6.42 Å². The maximum Gasteiger partial charge on any atom is 0.191 e. The second-order valence-electron chi connectivity index (χ2n) is 7.68. The smallest absolute Gasteiger partial charge is 0.191 e. The topological polar surface area (TPSA) is 42.9 Å². The third-order valence-electron chi connectivity index (χ3n) is 5.15. The van der Waals surface area contributed by atoms with Crippen LogP contribution in [0.1, 0.15) is 26.3 Å². The van der Waals surface area contributed by atoms with E-state index in [0.717, 1.165) is 63.2 Å². The number of hydrogen-bond acceptors (Lipinski definition) is 3. The summed E-state index contributed by atoms with van der Waals surface area (Å²) in [4.78, 5) is 9.89. The van der Waals surface area contributed by atoms with Crippen LogP contribution in [0.25, 0.3) is 0 Å². The Balaban J connectivity index is 1.89. The molecule has 0 aliphatic carbocycles. The van der Waals surface area contributed by atoms with Gasteiger partial charge in [-0.25, -0.2) is 0 Å². The van der Waals surface area contributed by atoms with Gasteiger partial charge in [0.2, 0.25) is 0 Å². The Morgan fingerprint density at radius 3 is 2.56 bits per heavy atom. The molecule has 6 heteroatoms. The second-order valence-corrected chi connectivity index (χ2v) is 8.11. The first kappa shape index (κ1) is 22.0. The van der Waals surface area contributed by atoms with Crippen molar-refractivity contribution in [3.63, 3.8) is 0 Å². The van der Waals surface area contributed by atoms with E-state index in [-0.39, 0.29) is 0 Å². The summed E-state index contributed by atoms with van der Waals surface area (Å²) in [6.45, 7) is 13.8. The summed E-state index contributed by atoms with van der Waals surface area (Å²) in [5.41, 5.74) is 1.24. The normalized spacial score (nSPS) is 17.9. The lowest BCUT2D eigenvalue weighted by molar-refractivity contribution is 0.0925. The molecule has 0 radical (unpaired) electrons. The minimum atomic E-state index is 0.488. The van der Waals surface area contributed by atoms with E-state index in [1.807, 2.05) is 18.2 Å². The average molecular weight is 394 g/mol. The van der Waals surface area contributed by atoms with Crippen LogP contribution in [0.2, 0.25) is 5.02 Å². The number of aliphatic imine (C=N–C) groups is 1. The third kappa shape index (κ3) is 7.68. The van der Waals surface area contributed by atoms with Gasteiger partial charge in [0.25, 0.3) is 0 Å². The SMILES string of the molecule is CCNC(=NCC(C(C)C)N1CCN(C)CC1)NCCc1cccc(Cl)c1. The highest BCUT2D eigenvalue weighted by Crippen LogP contribution is 2.14. The lowest BCUT2D eigenvalue weighted by Gasteiger charge is -2.39. The van der Waals surface area contributed by atoms with Crippen molar-refractivity contribution in [1.82, 2.24) is 20.4 Å². The molecule has 1 aromatic rings. The molecule has 1 unspecified atom stereocenters. The summed E-state index contributed by atoms with van der Waals surface area (Å²) >= 11 is 6.07. The molecular formula is C21H36ClN5. The van der Waals surface area contributed by atoms with Crippen molar-refractivity contribution >= 4 is 17.6 Å². The molecule has 1 aromatic carbocycles. The van der Waals surface area contributed by atoms with Crippen molar-refractivity contribution in [2.45, 2.75) is 33.2 Å². The highest BCUT2D eigenvalue weighted by Gasteiger charge is 2.24. The van der Waals surface area contributed by atoms with E-state index < -0.39 is 0 Å².